The third-order valence-electron chi connectivity index (χ3n) is 3.61. The summed E-state index contributed by atoms with van der Waals surface area (Å²) in [6.45, 7) is -0.296. The average molecular weight is 363 g/mol. The minimum atomic E-state index is -0.452. The summed E-state index contributed by atoms with van der Waals surface area (Å²) in [6, 6.07) is 11.9. The molecule has 0 saturated heterocycles. The first kappa shape index (κ1) is 18.8. The van der Waals surface area contributed by atoms with Gasteiger partial charge in [-0.25, -0.2) is 0 Å². The predicted octanol–water partition coefficient (Wildman–Crippen LogP) is 3.72. The van der Waals surface area contributed by atoms with E-state index >= 15 is 0 Å². The van der Waals surface area contributed by atoms with Gasteiger partial charge in [0.25, 0.3) is 0 Å². The van der Waals surface area contributed by atoms with E-state index in [1.165, 1.54) is 0 Å². The molecular formula is C19H19ClO5. The SMILES string of the molecule is COc1cccc(CCC(=O)OCC(=O)c2ccc(Cl)cc2)c1OC. The van der Waals surface area contributed by atoms with Crippen LogP contribution in [0.4, 0.5) is 0 Å². The molecular weight excluding hydrogens is 344 g/mol. The molecule has 132 valence electrons. The van der Waals surface area contributed by atoms with Crippen LogP contribution in [-0.2, 0) is 16.0 Å². The molecule has 2 aromatic rings. The number of benzene rings is 2. The summed E-state index contributed by atoms with van der Waals surface area (Å²) in [7, 11) is 3.10. The van der Waals surface area contributed by atoms with Gasteiger partial charge in [0.05, 0.1) is 14.2 Å². The van der Waals surface area contributed by atoms with Crippen LogP contribution in [0.5, 0.6) is 11.5 Å². The van der Waals surface area contributed by atoms with E-state index in [1.54, 1.807) is 44.6 Å². The third kappa shape index (κ3) is 5.22. The number of ether oxygens (including phenoxy) is 3. The number of para-hydroxylation sites is 1. The number of carbonyl (C=O) groups excluding carboxylic acids is 2. The molecule has 0 aliphatic carbocycles. The topological polar surface area (TPSA) is 61.8 Å². The van der Waals surface area contributed by atoms with Gasteiger partial charge < -0.3 is 14.2 Å². The van der Waals surface area contributed by atoms with Gasteiger partial charge in [0, 0.05) is 17.0 Å². The van der Waals surface area contributed by atoms with Crippen LogP contribution in [0.1, 0.15) is 22.3 Å². The maximum atomic E-state index is 12.0. The fourth-order valence-electron chi connectivity index (χ4n) is 2.32. The molecule has 0 bridgehead atoms. The number of methoxy groups -OCH3 is 2. The Labute approximate surface area is 151 Å². The predicted molar refractivity (Wildman–Crippen MR) is 94.6 cm³/mol. The van der Waals surface area contributed by atoms with Crippen molar-refractivity contribution in [1.29, 1.82) is 0 Å². The Bertz CT molecular complexity index is 740. The summed E-state index contributed by atoms with van der Waals surface area (Å²) in [5, 5.41) is 0.542. The summed E-state index contributed by atoms with van der Waals surface area (Å²) >= 11 is 5.77. The van der Waals surface area contributed by atoms with Crippen molar-refractivity contribution in [2.24, 2.45) is 0 Å². The smallest absolute Gasteiger partial charge is 0.306 e. The molecule has 0 heterocycles. The van der Waals surface area contributed by atoms with E-state index < -0.39 is 5.97 Å². The van der Waals surface area contributed by atoms with Crippen molar-refractivity contribution in [3.8, 4) is 11.5 Å². The van der Waals surface area contributed by atoms with Crippen LogP contribution in [0, 0.1) is 0 Å². The van der Waals surface area contributed by atoms with Crippen LogP contribution in [-0.4, -0.2) is 32.6 Å². The van der Waals surface area contributed by atoms with Gasteiger partial charge in [0.2, 0.25) is 0 Å². The number of aryl methyl sites for hydroxylation is 1. The lowest BCUT2D eigenvalue weighted by atomic mass is 10.1. The van der Waals surface area contributed by atoms with Crippen molar-refractivity contribution in [2.75, 3.05) is 20.8 Å². The lowest BCUT2D eigenvalue weighted by Crippen LogP contribution is -2.14. The average Bonchev–Trinajstić information content (AvgIpc) is 2.64. The molecule has 0 saturated carbocycles. The minimum absolute atomic E-state index is 0.136. The number of hydrogen-bond donors (Lipinski definition) is 0. The zero-order valence-electron chi connectivity index (χ0n) is 14.1. The lowest BCUT2D eigenvalue weighted by Gasteiger charge is -2.12. The molecule has 25 heavy (non-hydrogen) atoms. The quantitative estimate of drug-likeness (QED) is 0.529. The van der Waals surface area contributed by atoms with Crippen LogP contribution in [0.3, 0.4) is 0 Å². The van der Waals surface area contributed by atoms with E-state index in [4.69, 9.17) is 25.8 Å². The van der Waals surface area contributed by atoms with Crippen LogP contribution < -0.4 is 9.47 Å². The van der Waals surface area contributed by atoms with Crippen molar-refractivity contribution in [3.63, 3.8) is 0 Å². The summed E-state index contributed by atoms with van der Waals surface area (Å²) < 4.78 is 15.6. The minimum Gasteiger partial charge on any atom is -0.493 e. The zero-order valence-corrected chi connectivity index (χ0v) is 14.8. The monoisotopic (exact) mass is 362 g/mol. The van der Waals surface area contributed by atoms with Gasteiger partial charge in [-0.1, -0.05) is 23.7 Å². The molecule has 2 rings (SSSR count). The molecule has 0 N–H and O–H groups in total. The number of hydrogen-bond acceptors (Lipinski definition) is 5. The summed E-state index contributed by atoms with van der Waals surface area (Å²) in [5.41, 5.74) is 1.29. The van der Waals surface area contributed by atoms with E-state index in [2.05, 4.69) is 0 Å². The van der Waals surface area contributed by atoms with Gasteiger partial charge in [-0.3, -0.25) is 9.59 Å². The molecule has 0 radical (unpaired) electrons. The molecule has 0 fully saturated rings. The first-order valence-electron chi connectivity index (χ1n) is 7.69. The van der Waals surface area contributed by atoms with Gasteiger partial charge in [0.1, 0.15) is 0 Å². The van der Waals surface area contributed by atoms with Crippen molar-refractivity contribution in [1.82, 2.24) is 0 Å². The van der Waals surface area contributed by atoms with E-state index in [-0.39, 0.29) is 18.8 Å². The number of halogens is 1. The second-order valence-electron chi connectivity index (χ2n) is 5.24. The molecule has 0 aliphatic rings. The Balaban J connectivity index is 1.87. The van der Waals surface area contributed by atoms with Crippen LogP contribution in [0.2, 0.25) is 5.02 Å². The van der Waals surface area contributed by atoms with E-state index in [1.807, 2.05) is 12.1 Å². The Morgan fingerprint density at radius 2 is 1.72 bits per heavy atom. The Kier molecular flexibility index (Phi) is 6.83. The van der Waals surface area contributed by atoms with Crippen molar-refractivity contribution in [3.05, 3.63) is 58.6 Å². The highest BCUT2D eigenvalue weighted by molar-refractivity contribution is 6.30. The maximum absolute atomic E-state index is 12.0. The molecule has 0 atom stereocenters. The van der Waals surface area contributed by atoms with Crippen LogP contribution in [0.25, 0.3) is 0 Å². The standard InChI is InChI=1S/C19H19ClO5/c1-23-17-5-3-4-14(19(17)24-2)8-11-18(22)25-12-16(21)13-6-9-15(20)10-7-13/h3-7,9-10H,8,11-12H2,1-2H3. The molecule has 0 unspecified atom stereocenters. The molecule has 6 heteroatoms. The fourth-order valence-corrected chi connectivity index (χ4v) is 2.45. The van der Waals surface area contributed by atoms with Crippen molar-refractivity contribution < 1.29 is 23.8 Å². The molecule has 5 nitrogen and oxygen atoms in total. The molecule has 0 amide bonds. The number of esters is 1. The maximum Gasteiger partial charge on any atom is 0.306 e. The first-order chi connectivity index (χ1) is 12.0. The highest BCUT2D eigenvalue weighted by Crippen LogP contribution is 2.31. The Morgan fingerprint density at radius 1 is 1.00 bits per heavy atom. The second-order valence-corrected chi connectivity index (χ2v) is 5.68. The zero-order chi connectivity index (χ0) is 18.2. The Hall–Kier alpha value is -2.53. The lowest BCUT2D eigenvalue weighted by molar-refractivity contribution is -0.142. The number of rotatable bonds is 8. The highest BCUT2D eigenvalue weighted by Gasteiger charge is 2.13. The summed E-state index contributed by atoms with van der Waals surface area (Å²) in [5.74, 6) is 0.470. The fraction of sp³-hybridized carbons (Fsp3) is 0.263. The number of Topliss-reactive ketones (excluding diaryl/α,β-unsaturated/α-hetero) is 1. The van der Waals surface area contributed by atoms with Crippen LogP contribution >= 0.6 is 11.6 Å². The first-order valence-corrected chi connectivity index (χ1v) is 8.07. The van der Waals surface area contributed by atoms with Gasteiger partial charge in [-0.05, 0) is 42.3 Å². The summed E-state index contributed by atoms with van der Waals surface area (Å²) in [6.07, 6.45) is 0.561. The second kappa shape index (κ2) is 9.08. The van der Waals surface area contributed by atoms with E-state index in [9.17, 15) is 9.59 Å². The molecule has 0 aliphatic heterocycles. The van der Waals surface area contributed by atoms with Crippen molar-refractivity contribution >= 4 is 23.4 Å². The van der Waals surface area contributed by atoms with Crippen LogP contribution in [0.15, 0.2) is 42.5 Å². The summed E-state index contributed by atoms with van der Waals surface area (Å²) in [4.78, 5) is 23.9. The molecule has 0 spiro atoms. The molecule has 2 aromatic carbocycles. The van der Waals surface area contributed by atoms with Gasteiger partial charge in [-0.2, -0.15) is 0 Å². The van der Waals surface area contributed by atoms with E-state index in [0.29, 0.717) is 28.5 Å². The van der Waals surface area contributed by atoms with Gasteiger partial charge in [0.15, 0.2) is 23.9 Å². The Morgan fingerprint density at radius 3 is 2.36 bits per heavy atom. The largest absolute Gasteiger partial charge is 0.493 e. The van der Waals surface area contributed by atoms with Gasteiger partial charge >= 0.3 is 5.97 Å². The normalized spacial score (nSPS) is 10.2. The third-order valence-corrected chi connectivity index (χ3v) is 3.87. The molecule has 0 aromatic heterocycles. The van der Waals surface area contributed by atoms with Crippen molar-refractivity contribution in [2.45, 2.75) is 12.8 Å². The van der Waals surface area contributed by atoms with Gasteiger partial charge in [-0.15, -0.1) is 0 Å². The van der Waals surface area contributed by atoms with E-state index in [0.717, 1.165) is 5.56 Å². The number of carbonyl (C=O) groups is 2. The highest BCUT2D eigenvalue weighted by atomic mass is 35.5. The number of ketones is 1.